The highest BCUT2D eigenvalue weighted by Gasteiger charge is 2.20. The number of aryl methyl sites for hydroxylation is 1. The van der Waals surface area contributed by atoms with Crippen molar-refractivity contribution in [3.63, 3.8) is 0 Å². The molecular weight excluding hydrogens is 538 g/mol. The number of amides is 2. The van der Waals surface area contributed by atoms with Gasteiger partial charge in [-0.1, -0.05) is 30.3 Å². The molecule has 2 aromatic carbocycles. The lowest BCUT2D eigenvalue weighted by molar-refractivity contribution is 0.0309. The number of methoxy groups -OCH3 is 1. The van der Waals surface area contributed by atoms with Crippen molar-refractivity contribution in [3.8, 4) is 0 Å². The molecule has 214 valence electrons. The summed E-state index contributed by atoms with van der Waals surface area (Å²) in [5, 5.41) is 13.4. The van der Waals surface area contributed by atoms with E-state index in [9.17, 15) is 9.59 Å². The van der Waals surface area contributed by atoms with E-state index in [4.69, 9.17) is 9.47 Å². The number of fused-ring (bicyclic) bond motifs is 1. The number of nitrogens with one attached hydrogen (secondary N) is 2. The highest BCUT2D eigenvalue weighted by atomic mass is 32.1. The standard InChI is InChI=1S/C31H35N5O4S/c1-22-11-20-41-29(22)30(37)32-28-21-24(31(38)36(16-17-39-2)13-12-35-14-18-40-19-15-35)8-7-23(28)9-10-27-25-5-3-4-6-26(25)33-34-27/h3-11,20-21H,12-19H2,1-2H3,(H,32,37)(H,33,34). The predicted molar refractivity (Wildman–Crippen MR) is 164 cm³/mol. The lowest BCUT2D eigenvalue weighted by atomic mass is 10.1. The van der Waals surface area contributed by atoms with Crippen LogP contribution in [0.15, 0.2) is 53.9 Å². The number of hydrogen-bond donors (Lipinski definition) is 2. The Morgan fingerprint density at radius 1 is 1.15 bits per heavy atom. The van der Waals surface area contributed by atoms with Gasteiger partial charge in [0, 0.05) is 56.5 Å². The maximum atomic E-state index is 13.7. The summed E-state index contributed by atoms with van der Waals surface area (Å²) in [6.07, 6.45) is 3.82. The number of rotatable bonds is 11. The van der Waals surface area contributed by atoms with Crippen molar-refractivity contribution < 1.29 is 19.1 Å². The van der Waals surface area contributed by atoms with Crippen LogP contribution in [-0.4, -0.2) is 91.5 Å². The maximum absolute atomic E-state index is 13.7. The second-order valence-corrected chi connectivity index (χ2v) is 10.8. The van der Waals surface area contributed by atoms with Crippen molar-refractivity contribution in [1.82, 2.24) is 20.0 Å². The molecule has 9 nitrogen and oxygen atoms in total. The summed E-state index contributed by atoms with van der Waals surface area (Å²) in [5.74, 6) is -0.308. The fraction of sp³-hybridized carbons (Fsp3) is 0.323. The number of ether oxygens (including phenoxy) is 2. The zero-order valence-corrected chi connectivity index (χ0v) is 24.2. The first-order chi connectivity index (χ1) is 20.0. The zero-order chi connectivity index (χ0) is 28.6. The van der Waals surface area contributed by atoms with Crippen LogP contribution in [0.3, 0.4) is 0 Å². The third kappa shape index (κ3) is 7.09. The Balaban J connectivity index is 1.42. The molecule has 5 rings (SSSR count). The highest BCUT2D eigenvalue weighted by Crippen LogP contribution is 2.25. The summed E-state index contributed by atoms with van der Waals surface area (Å²) in [5.41, 5.74) is 4.49. The van der Waals surface area contributed by atoms with Crippen LogP contribution in [0, 0.1) is 6.92 Å². The van der Waals surface area contributed by atoms with Crippen LogP contribution in [0.2, 0.25) is 0 Å². The summed E-state index contributed by atoms with van der Waals surface area (Å²) in [4.78, 5) is 31.7. The van der Waals surface area contributed by atoms with Gasteiger partial charge >= 0.3 is 0 Å². The minimum atomic E-state index is -0.203. The number of thiophene rings is 1. The van der Waals surface area contributed by atoms with Gasteiger partial charge in [0.15, 0.2) is 0 Å². The Morgan fingerprint density at radius 3 is 2.76 bits per heavy atom. The Morgan fingerprint density at radius 2 is 1.98 bits per heavy atom. The molecule has 0 radical (unpaired) electrons. The van der Waals surface area contributed by atoms with E-state index in [2.05, 4.69) is 20.4 Å². The molecule has 1 saturated heterocycles. The smallest absolute Gasteiger partial charge is 0.266 e. The lowest BCUT2D eigenvalue weighted by Gasteiger charge is -2.30. The normalized spacial score (nSPS) is 14.1. The van der Waals surface area contributed by atoms with Gasteiger partial charge in [-0.3, -0.25) is 19.6 Å². The number of aromatic amines is 1. The van der Waals surface area contributed by atoms with Gasteiger partial charge in [0.05, 0.1) is 35.9 Å². The van der Waals surface area contributed by atoms with Gasteiger partial charge in [0.2, 0.25) is 0 Å². The molecule has 2 aromatic heterocycles. The van der Waals surface area contributed by atoms with Gasteiger partial charge in [0.1, 0.15) is 0 Å². The molecule has 1 fully saturated rings. The van der Waals surface area contributed by atoms with E-state index in [-0.39, 0.29) is 11.8 Å². The number of carbonyl (C=O) groups is 2. The molecule has 1 aliphatic rings. The second-order valence-electron chi connectivity index (χ2n) is 9.92. The monoisotopic (exact) mass is 573 g/mol. The number of carbonyl (C=O) groups excluding carboxylic acids is 2. The molecular formula is C31H35N5O4S. The largest absolute Gasteiger partial charge is 0.383 e. The lowest BCUT2D eigenvalue weighted by Crippen LogP contribution is -2.44. The van der Waals surface area contributed by atoms with Gasteiger partial charge in [-0.2, -0.15) is 5.10 Å². The van der Waals surface area contributed by atoms with Gasteiger partial charge in [-0.05, 0) is 53.8 Å². The molecule has 41 heavy (non-hydrogen) atoms. The van der Waals surface area contributed by atoms with Crippen molar-refractivity contribution >= 4 is 51.9 Å². The molecule has 3 heterocycles. The zero-order valence-electron chi connectivity index (χ0n) is 23.4. The van der Waals surface area contributed by atoms with Gasteiger partial charge in [0.25, 0.3) is 11.8 Å². The van der Waals surface area contributed by atoms with Crippen LogP contribution >= 0.6 is 11.3 Å². The minimum Gasteiger partial charge on any atom is -0.383 e. The predicted octanol–water partition coefficient (Wildman–Crippen LogP) is 4.78. The minimum absolute atomic E-state index is 0.105. The molecule has 0 spiro atoms. The van der Waals surface area contributed by atoms with E-state index < -0.39 is 0 Å². The number of morpholine rings is 1. The molecule has 0 unspecified atom stereocenters. The second kappa shape index (κ2) is 13.7. The Hall–Kier alpha value is -3.83. The van der Waals surface area contributed by atoms with E-state index in [1.54, 1.807) is 13.2 Å². The third-order valence-corrected chi connectivity index (χ3v) is 8.19. The average molecular weight is 574 g/mol. The topological polar surface area (TPSA) is 99.8 Å². The van der Waals surface area contributed by atoms with Gasteiger partial charge < -0.3 is 19.7 Å². The number of anilines is 1. The average Bonchev–Trinajstić information content (AvgIpc) is 3.62. The number of nitrogens with zero attached hydrogens (tertiary/aromatic N) is 3. The van der Waals surface area contributed by atoms with E-state index in [1.807, 2.05) is 71.8 Å². The first-order valence-corrected chi connectivity index (χ1v) is 14.6. The van der Waals surface area contributed by atoms with E-state index in [0.29, 0.717) is 49.0 Å². The van der Waals surface area contributed by atoms with Crippen molar-refractivity contribution in [2.24, 2.45) is 0 Å². The van der Waals surface area contributed by atoms with Crippen LogP contribution in [-0.2, 0) is 9.47 Å². The first kappa shape index (κ1) is 28.7. The molecule has 0 atom stereocenters. The highest BCUT2D eigenvalue weighted by molar-refractivity contribution is 7.12. The van der Waals surface area contributed by atoms with Crippen molar-refractivity contribution in [2.45, 2.75) is 6.92 Å². The van der Waals surface area contributed by atoms with Crippen LogP contribution in [0.25, 0.3) is 23.1 Å². The van der Waals surface area contributed by atoms with Gasteiger partial charge in [-0.25, -0.2) is 0 Å². The van der Waals surface area contributed by atoms with Gasteiger partial charge in [-0.15, -0.1) is 11.3 Å². The number of aromatic nitrogens is 2. The number of para-hydroxylation sites is 1. The summed E-state index contributed by atoms with van der Waals surface area (Å²) in [7, 11) is 1.63. The fourth-order valence-electron chi connectivity index (χ4n) is 4.79. The van der Waals surface area contributed by atoms with Crippen LogP contribution in [0.5, 0.6) is 0 Å². The Labute approximate surface area is 243 Å². The van der Waals surface area contributed by atoms with Crippen molar-refractivity contribution in [1.29, 1.82) is 0 Å². The summed E-state index contributed by atoms with van der Waals surface area (Å²) >= 11 is 1.39. The molecule has 2 N–H and O–H groups in total. The van der Waals surface area contributed by atoms with Crippen molar-refractivity contribution in [3.05, 3.63) is 81.2 Å². The maximum Gasteiger partial charge on any atom is 0.266 e. The molecule has 0 aliphatic carbocycles. The Bertz CT molecular complexity index is 1520. The number of H-pyrrole nitrogens is 1. The Kier molecular flexibility index (Phi) is 9.58. The first-order valence-electron chi connectivity index (χ1n) is 13.7. The summed E-state index contributed by atoms with van der Waals surface area (Å²) in [6.45, 7) is 7.30. The van der Waals surface area contributed by atoms with Crippen LogP contribution in [0.1, 0.15) is 36.9 Å². The number of hydrogen-bond acceptors (Lipinski definition) is 7. The van der Waals surface area contributed by atoms with Crippen molar-refractivity contribution in [2.75, 3.05) is 65.0 Å². The molecule has 2 amide bonds. The van der Waals surface area contributed by atoms with Crippen LogP contribution in [0.4, 0.5) is 5.69 Å². The quantitative estimate of drug-likeness (QED) is 0.268. The summed E-state index contributed by atoms with van der Waals surface area (Å²) in [6, 6.07) is 15.3. The van der Waals surface area contributed by atoms with E-state index >= 15 is 0 Å². The molecule has 4 aromatic rings. The third-order valence-electron chi connectivity index (χ3n) is 7.18. The SMILES string of the molecule is COCCN(CCN1CCOCC1)C(=O)c1ccc(C=Cc2n[nH]c3ccccc23)c(NC(=O)c2sccc2C)c1. The van der Waals surface area contributed by atoms with E-state index in [1.165, 1.54) is 11.3 Å². The van der Waals surface area contributed by atoms with Crippen LogP contribution < -0.4 is 5.32 Å². The fourth-order valence-corrected chi connectivity index (χ4v) is 5.61. The molecule has 10 heteroatoms. The molecule has 0 bridgehead atoms. The molecule has 0 saturated carbocycles. The van der Waals surface area contributed by atoms with E-state index in [0.717, 1.165) is 47.4 Å². The summed E-state index contributed by atoms with van der Waals surface area (Å²) < 4.78 is 10.8. The number of benzene rings is 2. The molecule has 1 aliphatic heterocycles.